The third-order valence-corrected chi connectivity index (χ3v) is 3.80. The number of nitrogens with one attached hydrogen (secondary N) is 2. The van der Waals surface area contributed by atoms with Gasteiger partial charge in [0.05, 0.1) is 0 Å². The summed E-state index contributed by atoms with van der Waals surface area (Å²) in [6.45, 7) is 4.62. The summed E-state index contributed by atoms with van der Waals surface area (Å²) in [5, 5.41) is 5.88. The van der Waals surface area contributed by atoms with E-state index in [1.165, 1.54) is 0 Å². The Bertz CT molecular complexity index is 510. The first kappa shape index (κ1) is 15.5. The summed E-state index contributed by atoms with van der Waals surface area (Å²) in [5.74, 6) is -0.162. The van der Waals surface area contributed by atoms with Crippen LogP contribution in [0.15, 0.2) is 24.3 Å². The van der Waals surface area contributed by atoms with Gasteiger partial charge in [-0.25, -0.2) is 0 Å². The van der Waals surface area contributed by atoms with Crippen molar-refractivity contribution in [1.82, 2.24) is 15.5 Å². The van der Waals surface area contributed by atoms with Crippen molar-refractivity contribution in [3.05, 3.63) is 35.4 Å². The maximum absolute atomic E-state index is 12.8. The van der Waals surface area contributed by atoms with E-state index < -0.39 is 0 Å². The topological polar surface area (TPSA) is 61.4 Å². The van der Waals surface area contributed by atoms with Crippen LogP contribution in [0.3, 0.4) is 0 Å². The van der Waals surface area contributed by atoms with Crippen LogP contribution in [0.4, 0.5) is 0 Å². The molecule has 114 valence electrons. The van der Waals surface area contributed by atoms with E-state index >= 15 is 0 Å². The van der Waals surface area contributed by atoms with Crippen LogP contribution in [0.25, 0.3) is 0 Å². The minimum absolute atomic E-state index is 0.0105. The molecule has 1 heterocycles. The van der Waals surface area contributed by atoms with Gasteiger partial charge in [0, 0.05) is 37.3 Å². The van der Waals surface area contributed by atoms with Crippen LogP contribution in [-0.4, -0.2) is 49.4 Å². The number of amides is 2. The van der Waals surface area contributed by atoms with E-state index in [4.69, 9.17) is 0 Å². The lowest BCUT2D eigenvalue weighted by molar-refractivity contribution is 0.0692. The fourth-order valence-corrected chi connectivity index (χ4v) is 2.70. The standard InChI is InChI=1S/C16H23N3O2/c1-3-9-19(14-7-8-18-11-14)16(21)13-6-4-5-12(10-13)15(20)17-2/h4-6,10,14,18H,3,7-9,11H2,1-2H3,(H,17,20). The zero-order chi connectivity index (χ0) is 15.2. The Morgan fingerprint density at radius 2 is 2.14 bits per heavy atom. The summed E-state index contributed by atoms with van der Waals surface area (Å²) in [6, 6.07) is 7.18. The largest absolute Gasteiger partial charge is 0.355 e. The van der Waals surface area contributed by atoms with E-state index in [9.17, 15) is 9.59 Å². The monoisotopic (exact) mass is 289 g/mol. The summed E-state index contributed by atoms with van der Waals surface area (Å²) < 4.78 is 0. The molecule has 0 aromatic heterocycles. The Hall–Kier alpha value is -1.88. The second kappa shape index (κ2) is 7.22. The summed E-state index contributed by atoms with van der Waals surface area (Å²) in [6.07, 6.45) is 1.91. The molecule has 1 atom stereocenters. The van der Waals surface area contributed by atoms with Crippen molar-refractivity contribution in [2.45, 2.75) is 25.8 Å². The van der Waals surface area contributed by atoms with E-state index in [-0.39, 0.29) is 17.9 Å². The van der Waals surface area contributed by atoms with Crippen molar-refractivity contribution in [2.75, 3.05) is 26.7 Å². The molecular weight excluding hydrogens is 266 g/mol. The van der Waals surface area contributed by atoms with Crippen molar-refractivity contribution in [1.29, 1.82) is 0 Å². The summed E-state index contributed by atoms with van der Waals surface area (Å²) >= 11 is 0. The van der Waals surface area contributed by atoms with Crippen LogP contribution in [0.1, 0.15) is 40.5 Å². The van der Waals surface area contributed by atoms with Crippen LogP contribution < -0.4 is 10.6 Å². The normalized spacial score (nSPS) is 17.5. The number of nitrogens with zero attached hydrogens (tertiary/aromatic N) is 1. The van der Waals surface area contributed by atoms with Crippen molar-refractivity contribution in [2.24, 2.45) is 0 Å². The van der Waals surface area contributed by atoms with Gasteiger partial charge in [-0.15, -0.1) is 0 Å². The number of carbonyl (C=O) groups is 2. The molecule has 1 saturated heterocycles. The number of carbonyl (C=O) groups excluding carboxylic acids is 2. The predicted octanol–water partition coefficient (Wildman–Crippen LogP) is 1.26. The molecule has 0 aliphatic carbocycles. The highest BCUT2D eigenvalue weighted by Gasteiger charge is 2.26. The Morgan fingerprint density at radius 1 is 1.38 bits per heavy atom. The lowest BCUT2D eigenvalue weighted by Crippen LogP contribution is -2.42. The lowest BCUT2D eigenvalue weighted by atomic mass is 10.1. The van der Waals surface area contributed by atoms with Crippen LogP contribution in [0, 0.1) is 0 Å². The maximum Gasteiger partial charge on any atom is 0.254 e. The van der Waals surface area contributed by atoms with Gasteiger partial charge in [-0.1, -0.05) is 13.0 Å². The molecule has 21 heavy (non-hydrogen) atoms. The number of hydrogen-bond donors (Lipinski definition) is 2. The summed E-state index contributed by atoms with van der Waals surface area (Å²) in [4.78, 5) is 26.4. The average molecular weight is 289 g/mol. The SMILES string of the molecule is CCCN(C(=O)c1cccc(C(=O)NC)c1)C1CCNC1. The van der Waals surface area contributed by atoms with Crippen molar-refractivity contribution < 1.29 is 9.59 Å². The third-order valence-electron chi connectivity index (χ3n) is 3.80. The summed E-state index contributed by atoms with van der Waals surface area (Å²) in [5.41, 5.74) is 1.10. The van der Waals surface area contributed by atoms with Gasteiger partial charge in [0.1, 0.15) is 0 Å². The minimum atomic E-state index is -0.172. The molecule has 1 aromatic carbocycles. The van der Waals surface area contributed by atoms with Crippen molar-refractivity contribution >= 4 is 11.8 Å². The first-order valence-electron chi connectivity index (χ1n) is 7.51. The lowest BCUT2D eigenvalue weighted by Gasteiger charge is -2.28. The van der Waals surface area contributed by atoms with E-state index in [1.54, 1.807) is 31.3 Å². The zero-order valence-electron chi connectivity index (χ0n) is 12.7. The van der Waals surface area contributed by atoms with Gasteiger partial charge in [0.25, 0.3) is 11.8 Å². The number of benzene rings is 1. The Labute approximate surface area is 125 Å². The first-order valence-corrected chi connectivity index (χ1v) is 7.51. The highest BCUT2D eigenvalue weighted by Crippen LogP contribution is 2.15. The molecule has 2 N–H and O–H groups in total. The van der Waals surface area contributed by atoms with Gasteiger partial charge >= 0.3 is 0 Å². The Kier molecular flexibility index (Phi) is 5.33. The molecule has 0 bridgehead atoms. The van der Waals surface area contributed by atoms with E-state index in [0.717, 1.165) is 32.5 Å². The second-order valence-corrected chi connectivity index (χ2v) is 5.31. The molecule has 2 rings (SSSR count). The molecule has 1 fully saturated rings. The molecule has 1 unspecified atom stereocenters. The van der Waals surface area contributed by atoms with Gasteiger partial charge < -0.3 is 15.5 Å². The fraction of sp³-hybridized carbons (Fsp3) is 0.500. The molecule has 1 aliphatic heterocycles. The molecule has 5 nitrogen and oxygen atoms in total. The Balaban J connectivity index is 2.21. The van der Waals surface area contributed by atoms with E-state index in [1.807, 2.05) is 4.90 Å². The molecule has 0 saturated carbocycles. The van der Waals surface area contributed by atoms with Gasteiger partial charge in [0.2, 0.25) is 0 Å². The Morgan fingerprint density at radius 3 is 2.76 bits per heavy atom. The number of rotatable bonds is 5. The summed E-state index contributed by atoms with van der Waals surface area (Å²) in [7, 11) is 1.59. The molecule has 1 aromatic rings. The fourth-order valence-electron chi connectivity index (χ4n) is 2.70. The van der Waals surface area contributed by atoms with Gasteiger partial charge in [-0.2, -0.15) is 0 Å². The van der Waals surface area contributed by atoms with Gasteiger partial charge in [-0.05, 0) is 37.6 Å². The van der Waals surface area contributed by atoms with Crippen molar-refractivity contribution in [3.63, 3.8) is 0 Å². The van der Waals surface area contributed by atoms with Crippen LogP contribution in [0.2, 0.25) is 0 Å². The van der Waals surface area contributed by atoms with Gasteiger partial charge in [-0.3, -0.25) is 9.59 Å². The van der Waals surface area contributed by atoms with Crippen molar-refractivity contribution in [3.8, 4) is 0 Å². The first-order chi connectivity index (χ1) is 10.2. The zero-order valence-corrected chi connectivity index (χ0v) is 12.7. The average Bonchev–Trinajstić information content (AvgIpc) is 3.05. The van der Waals surface area contributed by atoms with Crippen LogP contribution in [-0.2, 0) is 0 Å². The molecule has 1 aliphatic rings. The predicted molar refractivity (Wildman–Crippen MR) is 82.4 cm³/mol. The van der Waals surface area contributed by atoms with E-state index in [2.05, 4.69) is 17.6 Å². The second-order valence-electron chi connectivity index (χ2n) is 5.31. The molecular formula is C16H23N3O2. The highest BCUT2D eigenvalue weighted by molar-refractivity contribution is 5.99. The highest BCUT2D eigenvalue weighted by atomic mass is 16.2. The molecule has 0 radical (unpaired) electrons. The number of hydrogen-bond acceptors (Lipinski definition) is 3. The minimum Gasteiger partial charge on any atom is -0.355 e. The molecule has 0 spiro atoms. The van der Waals surface area contributed by atoms with E-state index in [0.29, 0.717) is 11.1 Å². The third kappa shape index (κ3) is 3.61. The molecule has 2 amide bonds. The van der Waals surface area contributed by atoms with Crippen LogP contribution >= 0.6 is 0 Å². The van der Waals surface area contributed by atoms with Crippen LogP contribution in [0.5, 0.6) is 0 Å². The maximum atomic E-state index is 12.8. The van der Waals surface area contributed by atoms with Gasteiger partial charge in [0.15, 0.2) is 0 Å². The smallest absolute Gasteiger partial charge is 0.254 e. The molecule has 5 heteroatoms. The quantitative estimate of drug-likeness (QED) is 0.858.